The first-order chi connectivity index (χ1) is 8.49. The molecule has 0 fully saturated rings. The van der Waals surface area contributed by atoms with E-state index in [4.69, 9.17) is 11.6 Å². The molecular weight excluding hydrogens is 316 g/mol. The zero-order valence-electron chi connectivity index (χ0n) is 10.6. The normalized spacial score (nSPS) is 10.7. The van der Waals surface area contributed by atoms with E-state index in [1.165, 1.54) is 0 Å². The van der Waals surface area contributed by atoms with E-state index in [9.17, 15) is 4.79 Å². The van der Waals surface area contributed by atoms with E-state index in [-0.39, 0.29) is 5.91 Å². The standard InChI is InChI=1S/C13H18BrClN2O/c1-9(2)16-7-3-4-13(18)17-12-6-5-10(15)8-11(12)14/h5-6,8-9,16H,3-4,7H2,1-2H3,(H,17,18). The lowest BCUT2D eigenvalue weighted by atomic mass is 10.2. The van der Waals surface area contributed by atoms with Gasteiger partial charge < -0.3 is 10.6 Å². The minimum absolute atomic E-state index is 0.0172. The van der Waals surface area contributed by atoms with Gasteiger partial charge in [-0.05, 0) is 47.1 Å². The van der Waals surface area contributed by atoms with Crippen molar-refractivity contribution in [3.05, 3.63) is 27.7 Å². The summed E-state index contributed by atoms with van der Waals surface area (Å²) in [6.45, 7) is 5.03. The average molecular weight is 334 g/mol. The van der Waals surface area contributed by atoms with E-state index >= 15 is 0 Å². The van der Waals surface area contributed by atoms with Crippen LogP contribution in [0.1, 0.15) is 26.7 Å². The molecule has 0 radical (unpaired) electrons. The molecule has 0 unspecified atom stereocenters. The summed E-state index contributed by atoms with van der Waals surface area (Å²) in [5.74, 6) is 0.0172. The molecule has 2 N–H and O–H groups in total. The van der Waals surface area contributed by atoms with E-state index < -0.39 is 0 Å². The van der Waals surface area contributed by atoms with Crippen LogP contribution in [-0.4, -0.2) is 18.5 Å². The van der Waals surface area contributed by atoms with Crippen LogP contribution in [0.2, 0.25) is 5.02 Å². The number of amides is 1. The predicted molar refractivity (Wildman–Crippen MR) is 80.2 cm³/mol. The molecule has 0 aliphatic heterocycles. The van der Waals surface area contributed by atoms with Gasteiger partial charge in [0.1, 0.15) is 0 Å². The Balaban J connectivity index is 2.35. The molecule has 0 spiro atoms. The third-order valence-electron chi connectivity index (χ3n) is 2.34. The highest BCUT2D eigenvalue weighted by atomic mass is 79.9. The van der Waals surface area contributed by atoms with Gasteiger partial charge in [0.25, 0.3) is 0 Å². The lowest BCUT2D eigenvalue weighted by Crippen LogP contribution is -2.24. The fourth-order valence-electron chi connectivity index (χ4n) is 1.44. The molecule has 0 saturated heterocycles. The topological polar surface area (TPSA) is 41.1 Å². The smallest absolute Gasteiger partial charge is 0.224 e. The van der Waals surface area contributed by atoms with Crippen molar-refractivity contribution < 1.29 is 4.79 Å². The summed E-state index contributed by atoms with van der Waals surface area (Å²) < 4.78 is 0.795. The molecule has 0 atom stereocenters. The molecule has 0 bridgehead atoms. The summed E-state index contributed by atoms with van der Waals surface area (Å²) in [5, 5.41) is 6.77. The van der Waals surface area contributed by atoms with Gasteiger partial charge in [0.05, 0.1) is 5.69 Å². The summed E-state index contributed by atoms with van der Waals surface area (Å²) >= 11 is 9.20. The monoisotopic (exact) mass is 332 g/mol. The number of benzene rings is 1. The average Bonchev–Trinajstić information content (AvgIpc) is 2.28. The van der Waals surface area contributed by atoms with Crippen molar-refractivity contribution in [3.8, 4) is 0 Å². The molecule has 1 aromatic rings. The lowest BCUT2D eigenvalue weighted by Gasteiger charge is -2.09. The number of halogens is 2. The quantitative estimate of drug-likeness (QED) is 0.777. The maximum absolute atomic E-state index is 11.7. The molecule has 0 saturated carbocycles. The van der Waals surface area contributed by atoms with Crippen LogP contribution in [0, 0.1) is 0 Å². The Hall–Kier alpha value is -0.580. The predicted octanol–water partition coefficient (Wildman–Crippen LogP) is 3.82. The van der Waals surface area contributed by atoms with Gasteiger partial charge in [-0.1, -0.05) is 25.4 Å². The highest BCUT2D eigenvalue weighted by Gasteiger charge is 2.05. The van der Waals surface area contributed by atoms with E-state index in [0.29, 0.717) is 17.5 Å². The fourth-order valence-corrected chi connectivity index (χ4v) is 2.23. The van der Waals surface area contributed by atoms with Gasteiger partial charge >= 0.3 is 0 Å². The third-order valence-corrected chi connectivity index (χ3v) is 3.23. The van der Waals surface area contributed by atoms with E-state index in [1.807, 2.05) is 0 Å². The van der Waals surface area contributed by atoms with E-state index in [1.54, 1.807) is 18.2 Å². The Morgan fingerprint density at radius 3 is 2.78 bits per heavy atom. The minimum Gasteiger partial charge on any atom is -0.325 e. The summed E-state index contributed by atoms with van der Waals surface area (Å²) in [6.07, 6.45) is 1.34. The Labute approximate surface area is 121 Å². The van der Waals surface area contributed by atoms with Gasteiger partial charge in [0.15, 0.2) is 0 Å². The highest BCUT2D eigenvalue weighted by molar-refractivity contribution is 9.10. The highest BCUT2D eigenvalue weighted by Crippen LogP contribution is 2.25. The number of rotatable bonds is 6. The van der Waals surface area contributed by atoms with Gasteiger partial charge in [-0.3, -0.25) is 4.79 Å². The molecule has 3 nitrogen and oxygen atoms in total. The molecule has 18 heavy (non-hydrogen) atoms. The van der Waals surface area contributed by atoms with Gasteiger partial charge in [-0.25, -0.2) is 0 Å². The van der Waals surface area contributed by atoms with Crippen LogP contribution in [0.25, 0.3) is 0 Å². The molecule has 0 aliphatic rings. The first-order valence-electron chi connectivity index (χ1n) is 5.97. The van der Waals surface area contributed by atoms with Crippen molar-refractivity contribution in [2.75, 3.05) is 11.9 Å². The number of nitrogens with one attached hydrogen (secondary N) is 2. The van der Waals surface area contributed by atoms with Gasteiger partial charge in [0.2, 0.25) is 5.91 Å². The largest absolute Gasteiger partial charge is 0.325 e. The Morgan fingerprint density at radius 1 is 1.44 bits per heavy atom. The SMILES string of the molecule is CC(C)NCCCC(=O)Nc1ccc(Cl)cc1Br. The number of hydrogen-bond acceptors (Lipinski definition) is 2. The van der Waals surface area contributed by atoms with Crippen LogP contribution in [0.5, 0.6) is 0 Å². The Bertz CT molecular complexity index is 410. The minimum atomic E-state index is 0.0172. The summed E-state index contributed by atoms with van der Waals surface area (Å²) in [4.78, 5) is 11.7. The molecule has 0 heterocycles. The zero-order chi connectivity index (χ0) is 13.5. The summed E-state index contributed by atoms with van der Waals surface area (Å²) in [6, 6.07) is 5.76. The van der Waals surface area contributed by atoms with Crippen molar-refractivity contribution in [2.24, 2.45) is 0 Å². The Kier molecular flexibility index (Phi) is 6.68. The van der Waals surface area contributed by atoms with Crippen LogP contribution >= 0.6 is 27.5 Å². The maximum Gasteiger partial charge on any atom is 0.224 e. The van der Waals surface area contributed by atoms with Crippen LogP contribution in [0.4, 0.5) is 5.69 Å². The van der Waals surface area contributed by atoms with Crippen LogP contribution in [0.3, 0.4) is 0 Å². The molecule has 0 aromatic heterocycles. The third kappa shape index (κ3) is 5.85. The van der Waals surface area contributed by atoms with Crippen molar-refractivity contribution in [1.29, 1.82) is 0 Å². The number of carbonyl (C=O) groups excluding carboxylic acids is 1. The molecule has 1 rings (SSSR count). The first kappa shape index (κ1) is 15.5. The van der Waals surface area contributed by atoms with E-state index in [0.717, 1.165) is 23.1 Å². The van der Waals surface area contributed by atoms with Gasteiger partial charge in [0, 0.05) is 22.0 Å². The molecular formula is C13H18BrClN2O. The number of carbonyl (C=O) groups is 1. The summed E-state index contributed by atoms with van der Waals surface area (Å²) in [7, 11) is 0. The first-order valence-corrected chi connectivity index (χ1v) is 7.14. The molecule has 0 aliphatic carbocycles. The molecule has 100 valence electrons. The van der Waals surface area contributed by atoms with Crippen molar-refractivity contribution in [2.45, 2.75) is 32.7 Å². The lowest BCUT2D eigenvalue weighted by molar-refractivity contribution is -0.116. The molecule has 1 aromatic carbocycles. The van der Waals surface area contributed by atoms with Gasteiger partial charge in [-0.15, -0.1) is 0 Å². The van der Waals surface area contributed by atoms with Crippen molar-refractivity contribution in [1.82, 2.24) is 5.32 Å². The number of anilines is 1. The second-order valence-electron chi connectivity index (χ2n) is 4.38. The second kappa shape index (κ2) is 7.77. The van der Waals surface area contributed by atoms with Crippen LogP contribution < -0.4 is 10.6 Å². The van der Waals surface area contributed by atoms with Crippen LogP contribution in [0.15, 0.2) is 22.7 Å². The number of hydrogen-bond donors (Lipinski definition) is 2. The van der Waals surface area contributed by atoms with E-state index in [2.05, 4.69) is 40.4 Å². The maximum atomic E-state index is 11.7. The van der Waals surface area contributed by atoms with Crippen molar-refractivity contribution >= 4 is 39.1 Å². The molecule has 1 amide bonds. The van der Waals surface area contributed by atoms with Gasteiger partial charge in [-0.2, -0.15) is 0 Å². The summed E-state index contributed by atoms with van der Waals surface area (Å²) in [5.41, 5.74) is 0.751. The molecule has 5 heteroatoms. The second-order valence-corrected chi connectivity index (χ2v) is 5.68. The zero-order valence-corrected chi connectivity index (χ0v) is 12.9. The van der Waals surface area contributed by atoms with Crippen molar-refractivity contribution in [3.63, 3.8) is 0 Å². The Morgan fingerprint density at radius 2 is 2.17 bits per heavy atom. The fraction of sp³-hybridized carbons (Fsp3) is 0.462. The van der Waals surface area contributed by atoms with Crippen LogP contribution in [-0.2, 0) is 4.79 Å².